The minimum absolute atomic E-state index is 0.0111. The number of anilines is 1. The highest BCUT2D eigenvalue weighted by atomic mass is 32.2. The first-order chi connectivity index (χ1) is 17.0. The zero-order valence-electron chi connectivity index (χ0n) is 18.7. The van der Waals surface area contributed by atoms with E-state index in [0.717, 1.165) is 28.7 Å². The van der Waals surface area contributed by atoms with Gasteiger partial charge in [-0.1, -0.05) is 42.1 Å². The highest BCUT2D eigenvalue weighted by Crippen LogP contribution is 2.26. The largest absolute Gasteiger partial charge is 0.495 e. The van der Waals surface area contributed by atoms with Crippen molar-refractivity contribution in [3.63, 3.8) is 0 Å². The number of H-pyrrole nitrogens is 1. The van der Waals surface area contributed by atoms with Gasteiger partial charge in [0.25, 0.3) is 5.56 Å². The van der Waals surface area contributed by atoms with Crippen LogP contribution in [0.5, 0.6) is 5.75 Å². The minimum atomic E-state index is -0.710. The Bertz CT molecular complexity index is 1710. The maximum Gasteiger partial charge on any atom is 0.334 e. The van der Waals surface area contributed by atoms with Gasteiger partial charge in [0.05, 0.1) is 24.1 Å². The van der Waals surface area contributed by atoms with Crippen molar-refractivity contribution in [1.82, 2.24) is 29.3 Å². The predicted octanol–water partition coefficient (Wildman–Crippen LogP) is 2.10. The lowest BCUT2D eigenvalue weighted by atomic mass is 10.2. The van der Waals surface area contributed by atoms with E-state index < -0.39 is 17.2 Å². The third-order valence-electron chi connectivity index (χ3n) is 5.35. The van der Waals surface area contributed by atoms with E-state index in [-0.39, 0.29) is 11.6 Å². The number of carbonyl (C=O) groups is 1. The van der Waals surface area contributed by atoms with E-state index in [1.54, 1.807) is 24.3 Å². The molecule has 0 atom stereocenters. The molecule has 0 bridgehead atoms. The fraction of sp³-hybridized carbons (Fsp3) is 0.130. The van der Waals surface area contributed by atoms with Crippen molar-refractivity contribution < 1.29 is 9.53 Å². The quantitative estimate of drug-likeness (QED) is 0.346. The molecular formula is C23H19N7O4S. The standard InChI is InChI=1S/C23H19N7O4S/c1-29-14-8-4-3-7-13(14)20-21(29)26-22(28-27-20)35-12-19(32)24-17-11-18(31)25-23(33)30(17)15-9-5-6-10-16(15)34-2/h3-11H,12H2,1-2H3,(H,24,32)(H,25,31,33). The van der Waals surface area contributed by atoms with Crippen LogP contribution in [0.3, 0.4) is 0 Å². The molecule has 3 heterocycles. The summed E-state index contributed by atoms with van der Waals surface area (Å²) in [6.07, 6.45) is 0. The Labute approximate surface area is 201 Å². The van der Waals surface area contributed by atoms with E-state index in [2.05, 4.69) is 25.5 Å². The number of ether oxygens (including phenoxy) is 1. The number of nitrogens with one attached hydrogen (secondary N) is 2. The van der Waals surface area contributed by atoms with Gasteiger partial charge in [-0.3, -0.25) is 14.6 Å². The zero-order chi connectivity index (χ0) is 24.5. The van der Waals surface area contributed by atoms with E-state index in [1.807, 2.05) is 35.9 Å². The lowest BCUT2D eigenvalue weighted by molar-refractivity contribution is -0.113. The summed E-state index contributed by atoms with van der Waals surface area (Å²) >= 11 is 1.09. The number of carbonyl (C=O) groups excluding carboxylic acids is 1. The molecule has 2 N–H and O–H groups in total. The second-order valence-electron chi connectivity index (χ2n) is 7.51. The van der Waals surface area contributed by atoms with Gasteiger partial charge in [-0.25, -0.2) is 14.3 Å². The normalized spacial score (nSPS) is 11.1. The second kappa shape index (κ2) is 9.06. The number of aromatic amines is 1. The first-order valence-electron chi connectivity index (χ1n) is 10.5. The summed E-state index contributed by atoms with van der Waals surface area (Å²) in [5.41, 5.74) is 1.34. The van der Waals surface area contributed by atoms with E-state index in [0.29, 0.717) is 27.8 Å². The van der Waals surface area contributed by atoms with Crippen LogP contribution < -0.4 is 21.3 Å². The molecule has 0 saturated carbocycles. The summed E-state index contributed by atoms with van der Waals surface area (Å²) in [6, 6.07) is 15.7. The third-order valence-corrected chi connectivity index (χ3v) is 6.19. The number of nitrogens with zero attached hydrogens (tertiary/aromatic N) is 5. The third kappa shape index (κ3) is 4.15. The van der Waals surface area contributed by atoms with Crippen LogP contribution in [0.4, 0.5) is 5.82 Å². The van der Waals surface area contributed by atoms with Crippen molar-refractivity contribution in [3.05, 3.63) is 75.4 Å². The lowest BCUT2D eigenvalue weighted by Gasteiger charge is -2.15. The summed E-state index contributed by atoms with van der Waals surface area (Å²) < 4.78 is 8.41. The average molecular weight is 490 g/mol. The van der Waals surface area contributed by atoms with Crippen molar-refractivity contribution in [2.45, 2.75) is 5.16 Å². The molecular weight excluding hydrogens is 470 g/mol. The maximum atomic E-state index is 12.7. The van der Waals surface area contributed by atoms with Crippen LogP contribution in [0.25, 0.3) is 27.8 Å². The van der Waals surface area contributed by atoms with Crippen LogP contribution >= 0.6 is 11.8 Å². The first-order valence-corrected chi connectivity index (χ1v) is 11.4. The van der Waals surface area contributed by atoms with Crippen LogP contribution in [0.2, 0.25) is 0 Å². The summed E-state index contributed by atoms with van der Waals surface area (Å²) in [7, 11) is 3.36. The number of hydrogen-bond donors (Lipinski definition) is 2. The van der Waals surface area contributed by atoms with Gasteiger partial charge in [0.15, 0.2) is 5.65 Å². The van der Waals surface area contributed by atoms with Crippen LogP contribution in [0.15, 0.2) is 69.3 Å². The molecule has 0 unspecified atom stereocenters. The SMILES string of the molecule is COc1ccccc1-n1c(NC(=O)CSc2nnc3c4ccccc4n(C)c3n2)cc(=O)[nH]c1=O. The Morgan fingerprint density at radius 3 is 2.71 bits per heavy atom. The number of fused-ring (bicyclic) bond motifs is 3. The monoisotopic (exact) mass is 489 g/mol. The number of para-hydroxylation sites is 3. The van der Waals surface area contributed by atoms with Crippen LogP contribution in [0, 0.1) is 0 Å². The molecule has 2 aromatic carbocycles. The van der Waals surface area contributed by atoms with Crippen molar-refractivity contribution in [1.29, 1.82) is 0 Å². The molecule has 12 heteroatoms. The molecule has 0 radical (unpaired) electrons. The van der Waals surface area contributed by atoms with Crippen LogP contribution in [-0.4, -0.2) is 48.1 Å². The summed E-state index contributed by atoms with van der Waals surface area (Å²) in [6.45, 7) is 0. The molecule has 176 valence electrons. The smallest absolute Gasteiger partial charge is 0.334 e. The Hall–Kier alpha value is -4.45. The molecule has 5 aromatic rings. The molecule has 35 heavy (non-hydrogen) atoms. The topological polar surface area (TPSA) is 137 Å². The zero-order valence-corrected chi connectivity index (χ0v) is 19.5. The summed E-state index contributed by atoms with van der Waals surface area (Å²) in [5, 5.41) is 12.3. The molecule has 0 aliphatic heterocycles. The van der Waals surface area contributed by atoms with Crippen molar-refractivity contribution in [2.75, 3.05) is 18.2 Å². The number of thioether (sulfide) groups is 1. The molecule has 11 nitrogen and oxygen atoms in total. The van der Waals surface area contributed by atoms with Crippen molar-refractivity contribution >= 4 is 45.6 Å². The molecule has 3 aromatic heterocycles. The van der Waals surface area contributed by atoms with Gasteiger partial charge in [0.1, 0.15) is 17.1 Å². The minimum Gasteiger partial charge on any atom is -0.495 e. The molecule has 0 aliphatic rings. The van der Waals surface area contributed by atoms with Gasteiger partial charge in [-0.15, -0.1) is 10.2 Å². The van der Waals surface area contributed by atoms with E-state index >= 15 is 0 Å². The van der Waals surface area contributed by atoms with Gasteiger partial charge in [0, 0.05) is 18.5 Å². The van der Waals surface area contributed by atoms with Crippen molar-refractivity contribution in [2.24, 2.45) is 7.05 Å². The van der Waals surface area contributed by atoms with Gasteiger partial charge >= 0.3 is 5.69 Å². The molecule has 0 fully saturated rings. The number of aromatic nitrogens is 6. The maximum absolute atomic E-state index is 12.7. The molecule has 0 aliphatic carbocycles. The van der Waals surface area contributed by atoms with Crippen molar-refractivity contribution in [3.8, 4) is 11.4 Å². The fourth-order valence-electron chi connectivity index (χ4n) is 3.80. The van der Waals surface area contributed by atoms with Crippen LogP contribution in [0.1, 0.15) is 0 Å². The average Bonchev–Trinajstić information content (AvgIpc) is 3.14. The Balaban J connectivity index is 1.40. The predicted molar refractivity (Wildman–Crippen MR) is 132 cm³/mol. The first kappa shape index (κ1) is 22.3. The molecule has 1 amide bonds. The number of aryl methyl sites for hydroxylation is 1. The van der Waals surface area contributed by atoms with Gasteiger partial charge in [-0.05, 0) is 18.2 Å². The van der Waals surface area contributed by atoms with Gasteiger partial charge in [-0.2, -0.15) is 0 Å². The van der Waals surface area contributed by atoms with Crippen LogP contribution in [-0.2, 0) is 11.8 Å². The van der Waals surface area contributed by atoms with E-state index in [4.69, 9.17) is 4.74 Å². The highest BCUT2D eigenvalue weighted by Gasteiger charge is 2.16. The Kier molecular flexibility index (Phi) is 5.79. The Morgan fingerprint density at radius 1 is 1.11 bits per heavy atom. The number of hydrogen-bond acceptors (Lipinski definition) is 8. The Morgan fingerprint density at radius 2 is 1.89 bits per heavy atom. The van der Waals surface area contributed by atoms with E-state index in [9.17, 15) is 14.4 Å². The molecule has 0 spiro atoms. The lowest BCUT2D eigenvalue weighted by Crippen LogP contribution is -2.32. The molecule has 5 rings (SSSR count). The van der Waals surface area contributed by atoms with Gasteiger partial charge < -0.3 is 14.6 Å². The number of rotatable bonds is 6. The molecule has 0 saturated heterocycles. The van der Waals surface area contributed by atoms with E-state index in [1.165, 1.54) is 11.7 Å². The van der Waals surface area contributed by atoms with Gasteiger partial charge in [0.2, 0.25) is 11.1 Å². The fourth-order valence-corrected chi connectivity index (χ4v) is 4.39. The number of benzene rings is 2. The number of methoxy groups -OCH3 is 1. The second-order valence-corrected chi connectivity index (χ2v) is 8.45. The highest BCUT2D eigenvalue weighted by molar-refractivity contribution is 7.99. The summed E-state index contributed by atoms with van der Waals surface area (Å²) in [5.74, 6) is -0.111. The number of amides is 1. The summed E-state index contributed by atoms with van der Waals surface area (Å²) in [4.78, 5) is 44.0.